The van der Waals surface area contributed by atoms with Crippen LogP contribution in [0.25, 0.3) is 11.3 Å². The number of thiazole rings is 1. The van der Waals surface area contributed by atoms with Crippen LogP contribution in [-0.2, 0) is 11.2 Å². The van der Waals surface area contributed by atoms with E-state index in [0.717, 1.165) is 41.3 Å². The van der Waals surface area contributed by atoms with Crippen molar-refractivity contribution in [2.75, 3.05) is 11.4 Å². The van der Waals surface area contributed by atoms with E-state index in [1.165, 1.54) is 5.56 Å². The third-order valence-corrected chi connectivity index (χ3v) is 4.43. The van der Waals surface area contributed by atoms with Gasteiger partial charge in [-0.1, -0.05) is 13.0 Å². The number of carbonyl (C=O) groups excluding carboxylic acids is 1. The predicted octanol–water partition coefficient (Wildman–Crippen LogP) is 3.81. The molecule has 0 saturated heterocycles. The normalized spacial score (nSPS) is 13.6. The fourth-order valence-corrected chi connectivity index (χ4v) is 3.29. The molecule has 1 aliphatic rings. The number of aromatic nitrogens is 1. The van der Waals surface area contributed by atoms with E-state index < -0.39 is 0 Å². The zero-order valence-corrected chi connectivity index (χ0v) is 12.7. The molecule has 0 unspecified atom stereocenters. The number of anilines is 1. The molecule has 0 aliphatic carbocycles. The molecule has 1 aromatic heterocycles. The number of benzene rings is 1. The van der Waals surface area contributed by atoms with E-state index in [4.69, 9.17) is 0 Å². The average Bonchev–Trinajstić information content (AvgIpc) is 3.04. The van der Waals surface area contributed by atoms with Crippen molar-refractivity contribution < 1.29 is 4.79 Å². The van der Waals surface area contributed by atoms with Crippen molar-refractivity contribution in [1.29, 1.82) is 0 Å². The van der Waals surface area contributed by atoms with E-state index >= 15 is 0 Å². The first-order valence-corrected chi connectivity index (χ1v) is 7.93. The number of carbonyl (C=O) groups is 1. The highest BCUT2D eigenvalue weighted by molar-refractivity contribution is 7.09. The molecule has 0 N–H and O–H groups in total. The zero-order valence-electron chi connectivity index (χ0n) is 11.8. The van der Waals surface area contributed by atoms with E-state index in [-0.39, 0.29) is 5.91 Å². The first-order valence-electron chi connectivity index (χ1n) is 7.05. The van der Waals surface area contributed by atoms with Crippen LogP contribution < -0.4 is 4.90 Å². The number of rotatable bonds is 3. The summed E-state index contributed by atoms with van der Waals surface area (Å²) in [7, 11) is 0. The number of nitrogens with zero attached hydrogens (tertiary/aromatic N) is 2. The second-order valence-electron chi connectivity index (χ2n) is 5.14. The summed E-state index contributed by atoms with van der Waals surface area (Å²) in [6, 6.07) is 6.33. The van der Waals surface area contributed by atoms with E-state index in [1.54, 1.807) is 11.3 Å². The molecule has 0 atom stereocenters. The summed E-state index contributed by atoms with van der Waals surface area (Å²) in [5, 5.41) is 3.17. The van der Waals surface area contributed by atoms with Crippen LogP contribution in [0, 0.1) is 6.92 Å². The molecular formula is C16H18N2OS. The van der Waals surface area contributed by atoms with Crippen molar-refractivity contribution in [3.63, 3.8) is 0 Å². The van der Waals surface area contributed by atoms with Crippen molar-refractivity contribution in [2.24, 2.45) is 0 Å². The molecule has 0 fully saturated rings. The Hall–Kier alpha value is -1.68. The SMILES string of the molecule is CCCC(=O)N1CCc2cc(-c3csc(C)n3)ccc21. The highest BCUT2D eigenvalue weighted by Crippen LogP contribution is 2.33. The number of hydrogen-bond acceptors (Lipinski definition) is 3. The minimum atomic E-state index is 0.239. The van der Waals surface area contributed by atoms with E-state index in [9.17, 15) is 4.79 Å². The Morgan fingerprint density at radius 3 is 3.00 bits per heavy atom. The Bertz CT molecular complexity index is 648. The lowest BCUT2D eigenvalue weighted by atomic mass is 10.1. The van der Waals surface area contributed by atoms with E-state index in [2.05, 4.69) is 28.6 Å². The van der Waals surface area contributed by atoms with E-state index in [1.807, 2.05) is 18.7 Å². The molecule has 2 aromatic rings. The summed E-state index contributed by atoms with van der Waals surface area (Å²) in [5.41, 5.74) is 4.53. The monoisotopic (exact) mass is 286 g/mol. The molecule has 1 aromatic carbocycles. The van der Waals surface area contributed by atoms with Crippen LogP contribution in [0.3, 0.4) is 0 Å². The summed E-state index contributed by atoms with van der Waals surface area (Å²) in [6.45, 7) is 4.88. The van der Waals surface area contributed by atoms with Gasteiger partial charge in [0.05, 0.1) is 10.7 Å². The lowest BCUT2D eigenvalue weighted by Gasteiger charge is -2.17. The largest absolute Gasteiger partial charge is 0.312 e. The second kappa shape index (κ2) is 5.37. The van der Waals surface area contributed by atoms with Crippen molar-refractivity contribution in [3.8, 4) is 11.3 Å². The Balaban J connectivity index is 1.90. The van der Waals surface area contributed by atoms with Gasteiger partial charge in [-0.25, -0.2) is 4.98 Å². The summed E-state index contributed by atoms with van der Waals surface area (Å²) >= 11 is 1.67. The smallest absolute Gasteiger partial charge is 0.226 e. The highest BCUT2D eigenvalue weighted by atomic mass is 32.1. The van der Waals surface area contributed by atoms with Gasteiger partial charge in [-0.3, -0.25) is 4.79 Å². The summed E-state index contributed by atoms with van der Waals surface area (Å²) in [4.78, 5) is 18.5. The molecule has 1 aliphatic heterocycles. The van der Waals surface area contributed by atoms with Crippen LogP contribution in [0.2, 0.25) is 0 Å². The molecule has 4 heteroatoms. The molecule has 1 amide bonds. The standard InChI is InChI=1S/C16H18N2OS/c1-3-4-16(19)18-8-7-13-9-12(5-6-15(13)18)14-10-20-11(2)17-14/h5-6,9-10H,3-4,7-8H2,1-2H3. The van der Waals surface area contributed by atoms with Gasteiger partial charge in [0.1, 0.15) is 0 Å². The van der Waals surface area contributed by atoms with Gasteiger partial charge in [0.25, 0.3) is 0 Å². The van der Waals surface area contributed by atoms with Crippen molar-refractivity contribution in [3.05, 3.63) is 34.2 Å². The van der Waals surface area contributed by atoms with Gasteiger partial charge in [-0.05, 0) is 37.5 Å². The quantitative estimate of drug-likeness (QED) is 0.859. The third-order valence-electron chi connectivity index (χ3n) is 3.65. The minimum Gasteiger partial charge on any atom is -0.312 e. The zero-order chi connectivity index (χ0) is 14.1. The molecule has 3 rings (SSSR count). The lowest BCUT2D eigenvalue weighted by Crippen LogP contribution is -2.28. The molecule has 20 heavy (non-hydrogen) atoms. The lowest BCUT2D eigenvalue weighted by molar-refractivity contribution is -0.118. The van der Waals surface area contributed by atoms with Gasteiger partial charge in [-0.15, -0.1) is 11.3 Å². The minimum absolute atomic E-state index is 0.239. The summed E-state index contributed by atoms with van der Waals surface area (Å²) in [6.07, 6.45) is 2.48. The number of fused-ring (bicyclic) bond motifs is 1. The Morgan fingerprint density at radius 2 is 2.30 bits per heavy atom. The van der Waals surface area contributed by atoms with Gasteiger partial charge in [0.15, 0.2) is 0 Å². The molecule has 2 heterocycles. The van der Waals surface area contributed by atoms with Crippen molar-refractivity contribution >= 4 is 22.9 Å². The van der Waals surface area contributed by atoms with Crippen LogP contribution in [0.4, 0.5) is 5.69 Å². The highest BCUT2D eigenvalue weighted by Gasteiger charge is 2.24. The van der Waals surface area contributed by atoms with Gasteiger partial charge >= 0.3 is 0 Å². The average molecular weight is 286 g/mol. The third kappa shape index (κ3) is 2.36. The van der Waals surface area contributed by atoms with Crippen LogP contribution >= 0.6 is 11.3 Å². The fourth-order valence-electron chi connectivity index (χ4n) is 2.66. The number of aryl methyl sites for hydroxylation is 1. The molecular weight excluding hydrogens is 268 g/mol. The Morgan fingerprint density at radius 1 is 1.45 bits per heavy atom. The summed E-state index contributed by atoms with van der Waals surface area (Å²) in [5.74, 6) is 0.239. The second-order valence-corrected chi connectivity index (χ2v) is 6.20. The molecule has 0 bridgehead atoms. The maximum Gasteiger partial charge on any atom is 0.226 e. The first kappa shape index (κ1) is 13.3. The van der Waals surface area contributed by atoms with Gasteiger partial charge in [0, 0.05) is 29.6 Å². The molecule has 104 valence electrons. The first-order chi connectivity index (χ1) is 9.69. The Kier molecular flexibility index (Phi) is 3.57. The van der Waals surface area contributed by atoms with Crippen molar-refractivity contribution in [2.45, 2.75) is 33.1 Å². The Labute approximate surface area is 123 Å². The van der Waals surface area contributed by atoms with Crippen LogP contribution in [-0.4, -0.2) is 17.4 Å². The van der Waals surface area contributed by atoms with E-state index in [0.29, 0.717) is 6.42 Å². The van der Waals surface area contributed by atoms with Crippen LogP contribution in [0.15, 0.2) is 23.6 Å². The van der Waals surface area contributed by atoms with Crippen LogP contribution in [0.5, 0.6) is 0 Å². The van der Waals surface area contributed by atoms with Gasteiger partial charge in [-0.2, -0.15) is 0 Å². The maximum absolute atomic E-state index is 12.1. The fraction of sp³-hybridized carbons (Fsp3) is 0.375. The topological polar surface area (TPSA) is 33.2 Å². The van der Waals surface area contributed by atoms with Gasteiger partial charge < -0.3 is 4.90 Å². The molecule has 0 spiro atoms. The predicted molar refractivity (Wildman–Crippen MR) is 83.3 cm³/mol. The number of amides is 1. The van der Waals surface area contributed by atoms with Crippen molar-refractivity contribution in [1.82, 2.24) is 4.98 Å². The van der Waals surface area contributed by atoms with Gasteiger partial charge in [0.2, 0.25) is 5.91 Å². The molecule has 0 radical (unpaired) electrons. The maximum atomic E-state index is 12.1. The molecule has 0 saturated carbocycles. The number of hydrogen-bond donors (Lipinski definition) is 0. The molecule has 3 nitrogen and oxygen atoms in total. The summed E-state index contributed by atoms with van der Waals surface area (Å²) < 4.78 is 0. The van der Waals surface area contributed by atoms with Crippen LogP contribution in [0.1, 0.15) is 30.3 Å².